The molecule has 0 spiro atoms. The van der Waals surface area contributed by atoms with Gasteiger partial charge in [0.15, 0.2) is 11.6 Å². The second kappa shape index (κ2) is 9.36. The number of carbonyl (C=O) groups excluding carboxylic acids is 1. The van der Waals surface area contributed by atoms with Gasteiger partial charge in [0.25, 0.3) is 11.8 Å². The van der Waals surface area contributed by atoms with Gasteiger partial charge in [0.1, 0.15) is 6.10 Å². The molecule has 34 heavy (non-hydrogen) atoms. The summed E-state index contributed by atoms with van der Waals surface area (Å²) in [6.07, 6.45) is -0.543. The molecular formula is C24H22F4N4O2. The number of aromatic nitrogens is 3. The summed E-state index contributed by atoms with van der Waals surface area (Å²) in [5.74, 6) is -1.55. The van der Waals surface area contributed by atoms with Crippen LogP contribution >= 0.6 is 0 Å². The van der Waals surface area contributed by atoms with Crippen molar-refractivity contribution < 1.29 is 27.1 Å². The number of amides is 1. The van der Waals surface area contributed by atoms with Crippen LogP contribution in [0, 0.1) is 12.7 Å². The molecule has 0 radical (unpaired) electrons. The van der Waals surface area contributed by atoms with Crippen LogP contribution in [-0.2, 0) is 6.18 Å². The van der Waals surface area contributed by atoms with E-state index in [4.69, 9.17) is 4.74 Å². The van der Waals surface area contributed by atoms with Gasteiger partial charge >= 0.3 is 6.18 Å². The van der Waals surface area contributed by atoms with Crippen LogP contribution in [0.15, 0.2) is 48.9 Å². The van der Waals surface area contributed by atoms with E-state index in [0.29, 0.717) is 48.6 Å². The summed E-state index contributed by atoms with van der Waals surface area (Å²) >= 11 is 0. The van der Waals surface area contributed by atoms with Crippen molar-refractivity contribution in [2.75, 3.05) is 6.54 Å². The molecule has 2 atom stereocenters. The lowest BCUT2D eigenvalue weighted by molar-refractivity contribution is -0.138. The average molecular weight is 474 g/mol. The molecule has 0 N–H and O–H groups in total. The fraction of sp³-hybridized carbons (Fsp3) is 0.333. The first kappa shape index (κ1) is 23.6. The van der Waals surface area contributed by atoms with Crippen molar-refractivity contribution in [3.8, 4) is 17.3 Å². The van der Waals surface area contributed by atoms with Gasteiger partial charge in [-0.05, 0) is 50.5 Å². The molecule has 178 valence electrons. The molecule has 0 bridgehead atoms. The van der Waals surface area contributed by atoms with Gasteiger partial charge in [-0.2, -0.15) is 13.2 Å². The largest absolute Gasteiger partial charge is 0.470 e. The number of ether oxygens (including phenoxy) is 1. The molecule has 2 aromatic heterocycles. The quantitative estimate of drug-likeness (QED) is 0.494. The van der Waals surface area contributed by atoms with Crippen molar-refractivity contribution in [1.29, 1.82) is 0 Å². The zero-order valence-electron chi connectivity index (χ0n) is 18.5. The molecule has 0 saturated carbocycles. The molecule has 1 amide bonds. The average Bonchev–Trinajstić information content (AvgIpc) is 2.81. The number of piperidine rings is 1. The number of likely N-dealkylation sites (tertiary alicyclic amines) is 1. The predicted molar refractivity (Wildman–Crippen MR) is 116 cm³/mol. The number of rotatable bonds is 4. The summed E-state index contributed by atoms with van der Waals surface area (Å²) in [6.45, 7) is 4.08. The van der Waals surface area contributed by atoms with E-state index >= 15 is 0 Å². The number of hydrogen-bond donors (Lipinski definition) is 0. The number of halogens is 4. The Labute approximate surface area is 193 Å². The molecule has 3 heterocycles. The highest BCUT2D eigenvalue weighted by atomic mass is 19.4. The minimum Gasteiger partial charge on any atom is -0.470 e. The van der Waals surface area contributed by atoms with Gasteiger partial charge in [0.05, 0.1) is 17.2 Å². The Morgan fingerprint density at radius 3 is 2.56 bits per heavy atom. The normalized spacial score (nSPS) is 18.6. The number of hydrogen-bond acceptors (Lipinski definition) is 5. The van der Waals surface area contributed by atoms with Crippen molar-refractivity contribution in [3.05, 3.63) is 71.4 Å². The van der Waals surface area contributed by atoms with Crippen molar-refractivity contribution in [1.82, 2.24) is 19.9 Å². The Hall–Kier alpha value is -3.56. The first-order valence-electron chi connectivity index (χ1n) is 10.7. The molecule has 3 aromatic rings. The summed E-state index contributed by atoms with van der Waals surface area (Å²) < 4.78 is 58.3. The maximum absolute atomic E-state index is 14.3. The van der Waals surface area contributed by atoms with Crippen LogP contribution in [0.25, 0.3) is 11.4 Å². The summed E-state index contributed by atoms with van der Waals surface area (Å²) in [4.78, 5) is 27.3. The van der Waals surface area contributed by atoms with E-state index in [1.807, 2.05) is 13.0 Å². The summed E-state index contributed by atoms with van der Waals surface area (Å²) in [6, 6.07) is 6.92. The minimum absolute atomic E-state index is 0.257. The third-order valence-electron chi connectivity index (χ3n) is 5.87. The third kappa shape index (κ3) is 4.71. The Balaban J connectivity index is 1.58. The number of carbonyl (C=O) groups is 1. The van der Waals surface area contributed by atoms with Crippen molar-refractivity contribution >= 4 is 5.91 Å². The van der Waals surface area contributed by atoms with Crippen LogP contribution in [0.1, 0.15) is 41.3 Å². The van der Waals surface area contributed by atoms with Crippen molar-refractivity contribution in [2.45, 2.75) is 45.0 Å². The van der Waals surface area contributed by atoms with Crippen molar-refractivity contribution in [2.24, 2.45) is 0 Å². The van der Waals surface area contributed by atoms with Crippen LogP contribution in [0.3, 0.4) is 0 Å². The van der Waals surface area contributed by atoms with Crippen molar-refractivity contribution in [3.63, 3.8) is 0 Å². The second-order valence-corrected chi connectivity index (χ2v) is 8.12. The van der Waals surface area contributed by atoms with Crippen LogP contribution in [-0.4, -0.2) is 44.4 Å². The predicted octanol–water partition coefficient (Wildman–Crippen LogP) is 5.08. The molecule has 6 nitrogen and oxygen atoms in total. The van der Waals surface area contributed by atoms with Crippen LogP contribution in [0.2, 0.25) is 0 Å². The molecule has 10 heteroatoms. The maximum Gasteiger partial charge on any atom is 0.417 e. The Morgan fingerprint density at radius 1 is 1.15 bits per heavy atom. The second-order valence-electron chi connectivity index (χ2n) is 8.12. The fourth-order valence-corrected chi connectivity index (χ4v) is 4.09. The Bertz CT molecular complexity index is 1190. The Kier molecular flexibility index (Phi) is 6.49. The maximum atomic E-state index is 14.3. The number of pyridine rings is 1. The number of benzene rings is 1. The zero-order valence-corrected chi connectivity index (χ0v) is 18.5. The van der Waals surface area contributed by atoms with Gasteiger partial charge in [0, 0.05) is 30.7 Å². The fourth-order valence-electron chi connectivity index (χ4n) is 4.09. The SMILES string of the molecule is Cc1cccc(C(=O)N2CCCC(Oc3ncc(C(F)(F)F)cc3F)C2C)c1-c1ncccn1. The molecule has 0 aliphatic carbocycles. The van der Waals surface area contributed by atoms with E-state index in [0.717, 1.165) is 5.56 Å². The monoisotopic (exact) mass is 474 g/mol. The molecular weight excluding hydrogens is 452 g/mol. The van der Waals surface area contributed by atoms with Gasteiger partial charge < -0.3 is 9.64 Å². The molecule has 1 aromatic carbocycles. The van der Waals surface area contributed by atoms with E-state index in [-0.39, 0.29) is 5.91 Å². The number of aryl methyl sites for hydroxylation is 1. The highest BCUT2D eigenvalue weighted by Crippen LogP contribution is 2.32. The third-order valence-corrected chi connectivity index (χ3v) is 5.87. The Morgan fingerprint density at radius 2 is 1.88 bits per heavy atom. The highest BCUT2D eigenvalue weighted by molar-refractivity contribution is 6.01. The smallest absolute Gasteiger partial charge is 0.417 e. The summed E-state index contributed by atoms with van der Waals surface area (Å²) in [5.41, 5.74) is 0.697. The van der Waals surface area contributed by atoms with Crippen LogP contribution in [0.4, 0.5) is 17.6 Å². The van der Waals surface area contributed by atoms with E-state index in [1.165, 1.54) is 0 Å². The lowest BCUT2D eigenvalue weighted by Gasteiger charge is -2.39. The summed E-state index contributed by atoms with van der Waals surface area (Å²) in [5, 5.41) is 0. The van der Waals surface area contributed by atoms with E-state index < -0.39 is 35.6 Å². The zero-order chi connectivity index (χ0) is 24.5. The summed E-state index contributed by atoms with van der Waals surface area (Å²) in [7, 11) is 0. The van der Waals surface area contributed by atoms with Gasteiger partial charge in [0.2, 0.25) is 0 Å². The minimum atomic E-state index is -4.71. The van der Waals surface area contributed by atoms with E-state index in [9.17, 15) is 22.4 Å². The lowest BCUT2D eigenvalue weighted by Crippen LogP contribution is -2.51. The number of nitrogens with zero attached hydrogens (tertiary/aromatic N) is 4. The van der Waals surface area contributed by atoms with Gasteiger partial charge in [-0.1, -0.05) is 12.1 Å². The molecule has 1 saturated heterocycles. The van der Waals surface area contributed by atoms with Gasteiger partial charge in [-0.3, -0.25) is 4.79 Å². The van der Waals surface area contributed by atoms with Gasteiger partial charge in [-0.15, -0.1) is 0 Å². The molecule has 4 rings (SSSR count). The molecule has 2 unspecified atom stereocenters. The standard InChI is InChI=1S/C24H22F4N4O2/c1-14-6-3-7-17(20(14)21-29-9-5-10-30-21)23(33)32-11-4-8-19(15(32)2)34-22-18(25)12-16(13-31-22)24(26,27)28/h3,5-7,9-10,12-13,15,19H,4,8,11H2,1-2H3. The molecule has 1 aliphatic rings. The highest BCUT2D eigenvalue weighted by Gasteiger charge is 2.36. The van der Waals surface area contributed by atoms with Crippen LogP contribution < -0.4 is 4.74 Å². The molecule has 1 fully saturated rings. The molecule has 1 aliphatic heterocycles. The van der Waals surface area contributed by atoms with E-state index in [1.54, 1.807) is 42.4 Å². The first-order valence-corrected chi connectivity index (χ1v) is 10.7. The number of alkyl halides is 3. The lowest BCUT2D eigenvalue weighted by atomic mass is 9.95. The topological polar surface area (TPSA) is 68.2 Å². The van der Waals surface area contributed by atoms with E-state index in [2.05, 4.69) is 15.0 Å². The first-order chi connectivity index (χ1) is 16.2. The van der Waals surface area contributed by atoms with Gasteiger partial charge in [-0.25, -0.2) is 19.3 Å². The van der Waals surface area contributed by atoms with Crippen LogP contribution in [0.5, 0.6) is 5.88 Å².